The Balaban J connectivity index is 1.72. The normalized spacial score (nSPS) is 11.4. The molecule has 0 aliphatic heterocycles. The quantitative estimate of drug-likeness (QED) is 0.459. The van der Waals surface area contributed by atoms with Crippen molar-refractivity contribution in [3.8, 4) is 0 Å². The second-order valence-corrected chi connectivity index (χ2v) is 9.51. The van der Waals surface area contributed by atoms with Crippen LogP contribution < -0.4 is 10.0 Å². The lowest BCUT2D eigenvalue weighted by atomic mass is 10.1. The van der Waals surface area contributed by atoms with Crippen molar-refractivity contribution in [3.63, 3.8) is 0 Å². The molecular weight excluding hydrogens is 448 g/mol. The summed E-state index contributed by atoms with van der Waals surface area (Å²) >= 11 is 6.05. The predicted octanol–water partition coefficient (Wildman–Crippen LogP) is 5.00. The van der Waals surface area contributed by atoms with Crippen LogP contribution in [0, 0.1) is 0 Å². The van der Waals surface area contributed by atoms with Crippen LogP contribution in [0.25, 0.3) is 0 Å². The number of amides is 1. The molecule has 0 heterocycles. The summed E-state index contributed by atoms with van der Waals surface area (Å²) in [6.07, 6.45) is 0.0988. The number of hydrogen-bond acceptors (Lipinski definition) is 4. The Labute approximate surface area is 193 Å². The van der Waals surface area contributed by atoms with Crippen LogP contribution in [0.2, 0.25) is 5.02 Å². The van der Waals surface area contributed by atoms with Crippen molar-refractivity contribution < 1.29 is 17.9 Å². The Hall–Kier alpha value is -2.87. The molecule has 0 spiro atoms. The molecule has 2 N–H and O–H groups in total. The Kier molecular flexibility index (Phi) is 7.90. The van der Waals surface area contributed by atoms with Gasteiger partial charge in [0.1, 0.15) is 0 Å². The van der Waals surface area contributed by atoms with E-state index in [4.69, 9.17) is 16.3 Å². The van der Waals surface area contributed by atoms with Gasteiger partial charge in [0, 0.05) is 12.1 Å². The number of carbonyl (C=O) groups excluding carboxylic acids is 1. The lowest BCUT2D eigenvalue weighted by Crippen LogP contribution is -2.24. The van der Waals surface area contributed by atoms with Gasteiger partial charge in [-0.25, -0.2) is 8.42 Å². The van der Waals surface area contributed by atoms with Gasteiger partial charge >= 0.3 is 0 Å². The van der Waals surface area contributed by atoms with Gasteiger partial charge in [0.05, 0.1) is 28.3 Å². The number of sulfonamides is 1. The largest absolute Gasteiger partial charge is 0.374 e. The number of anilines is 1. The van der Waals surface area contributed by atoms with Gasteiger partial charge in [-0.2, -0.15) is 0 Å². The molecule has 0 fully saturated rings. The molecule has 8 heteroatoms. The highest BCUT2D eigenvalue weighted by Gasteiger charge is 2.18. The van der Waals surface area contributed by atoms with Crippen molar-refractivity contribution in [3.05, 3.63) is 94.5 Å². The van der Waals surface area contributed by atoms with Crippen molar-refractivity contribution in [2.45, 2.75) is 38.0 Å². The third kappa shape index (κ3) is 6.32. The summed E-state index contributed by atoms with van der Waals surface area (Å²) in [5.74, 6) is -0.376. The van der Waals surface area contributed by atoms with Crippen molar-refractivity contribution in [2.24, 2.45) is 0 Å². The lowest BCUT2D eigenvalue weighted by Gasteiger charge is -2.13. The smallest absolute Gasteiger partial charge is 0.261 e. The van der Waals surface area contributed by atoms with Crippen LogP contribution in [0.5, 0.6) is 0 Å². The molecule has 0 aromatic heterocycles. The van der Waals surface area contributed by atoms with Gasteiger partial charge in [-0.1, -0.05) is 54.1 Å². The first-order valence-electron chi connectivity index (χ1n) is 10.1. The van der Waals surface area contributed by atoms with Gasteiger partial charge in [0.2, 0.25) is 0 Å². The monoisotopic (exact) mass is 472 g/mol. The van der Waals surface area contributed by atoms with Gasteiger partial charge in [-0.05, 0) is 55.3 Å². The minimum atomic E-state index is -3.91. The molecule has 3 rings (SSSR count). The van der Waals surface area contributed by atoms with E-state index in [1.165, 1.54) is 18.2 Å². The molecule has 0 aliphatic carbocycles. The van der Waals surface area contributed by atoms with Crippen LogP contribution in [-0.2, 0) is 27.9 Å². The van der Waals surface area contributed by atoms with Crippen LogP contribution >= 0.6 is 11.6 Å². The fraction of sp³-hybridized carbons (Fsp3) is 0.208. The third-order valence-electron chi connectivity index (χ3n) is 4.65. The van der Waals surface area contributed by atoms with E-state index in [9.17, 15) is 13.2 Å². The maximum Gasteiger partial charge on any atom is 0.261 e. The lowest BCUT2D eigenvalue weighted by molar-refractivity contribution is 0.0651. The molecule has 0 saturated heterocycles. The molecule has 3 aromatic carbocycles. The molecule has 0 atom stereocenters. The first kappa shape index (κ1) is 23.8. The number of ether oxygens (including phenoxy) is 1. The summed E-state index contributed by atoms with van der Waals surface area (Å²) in [7, 11) is -3.91. The van der Waals surface area contributed by atoms with Gasteiger partial charge in [0.25, 0.3) is 15.9 Å². The Bertz CT molecular complexity index is 1200. The highest BCUT2D eigenvalue weighted by Crippen LogP contribution is 2.24. The van der Waals surface area contributed by atoms with Crippen molar-refractivity contribution in [1.82, 2.24) is 5.32 Å². The standard InChI is InChI=1S/C24H25ClN2O4S/c1-17(2)31-16-20-9-4-3-8-19(20)15-26-24(28)18-10-7-11-21(14-18)32(29,30)27-23-13-6-5-12-22(23)25/h3-14,17,27H,15-16H2,1-2H3,(H,26,28). The van der Waals surface area contributed by atoms with Crippen LogP contribution in [-0.4, -0.2) is 20.4 Å². The van der Waals surface area contributed by atoms with Gasteiger partial charge in [-0.3, -0.25) is 9.52 Å². The van der Waals surface area contributed by atoms with Crippen LogP contribution in [0.4, 0.5) is 5.69 Å². The number of halogens is 1. The van der Waals surface area contributed by atoms with Crippen molar-refractivity contribution in [2.75, 3.05) is 4.72 Å². The third-order valence-corrected chi connectivity index (χ3v) is 6.35. The topological polar surface area (TPSA) is 84.5 Å². The van der Waals surface area contributed by atoms with Crippen molar-refractivity contribution in [1.29, 1.82) is 0 Å². The van der Waals surface area contributed by atoms with Crippen LogP contribution in [0.15, 0.2) is 77.7 Å². The summed E-state index contributed by atoms with van der Waals surface area (Å²) in [4.78, 5) is 12.7. The van der Waals surface area contributed by atoms with Crippen LogP contribution in [0.3, 0.4) is 0 Å². The van der Waals surface area contributed by atoms with E-state index in [2.05, 4.69) is 10.0 Å². The van der Waals surface area contributed by atoms with E-state index < -0.39 is 10.0 Å². The van der Waals surface area contributed by atoms with E-state index in [1.54, 1.807) is 30.3 Å². The van der Waals surface area contributed by atoms with E-state index >= 15 is 0 Å². The summed E-state index contributed by atoms with van der Waals surface area (Å²) in [6.45, 7) is 4.68. The molecule has 168 valence electrons. The molecule has 6 nitrogen and oxygen atoms in total. The Morgan fingerprint density at radius 3 is 2.38 bits per heavy atom. The van der Waals surface area contributed by atoms with E-state index in [0.29, 0.717) is 13.2 Å². The number of rotatable bonds is 9. The summed E-state index contributed by atoms with van der Waals surface area (Å²) in [6, 6.07) is 20.1. The molecule has 0 aliphatic rings. The fourth-order valence-electron chi connectivity index (χ4n) is 2.96. The Morgan fingerprint density at radius 2 is 1.66 bits per heavy atom. The van der Waals surface area contributed by atoms with Gasteiger partial charge in [-0.15, -0.1) is 0 Å². The number of para-hydroxylation sites is 1. The first-order chi connectivity index (χ1) is 15.3. The molecule has 1 amide bonds. The highest BCUT2D eigenvalue weighted by molar-refractivity contribution is 7.92. The van der Waals surface area contributed by atoms with Crippen molar-refractivity contribution >= 4 is 33.2 Å². The molecule has 0 radical (unpaired) electrons. The molecule has 0 bridgehead atoms. The summed E-state index contributed by atoms with van der Waals surface area (Å²) < 4.78 is 33.7. The van der Waals surface area contributed by atoms with Gasteiger partial charge < -0.3 is 10.1 Å². The molecular formula is C24H25ClN2O4S. The number of benzene rings is 3. The maximum atomic E-state index is 12.8. The molecule has 32 heavy (non-hydrogen) atoms. The summed E-state index contributed by atoms with van der Waals surface area (Å²) in [5.41, 5.74) is 2.43. The maximum absolute atomic E-state index is 12.8. The Morgan fingerprint density at radius 1 is 0.969 bits per heavy atom. The molecule has 0 unspecified atom stereocenters. The zero-order chi connectivity index (χ0) is 23.1. The summed E-state index contributed by atoms with van der Waals surface area (Å²) in [5, 5.41) is 3.13. The minimum Gasteiger partial charge on any atom is -0.374 e. The first-order valence-corrected chi connectivity index (χ1v) is 12.0. The van der Waals surface area contributed by atoms with Gasteiger partial charge in [0.15, 0.2) is 0 Å². The average Bonchev–Trinajstić information content (AvgIpc) is 2.78. The fourth-order valence-corrected chi connectivity index (χ4v) is 4.32. The van der Waals surface area contributed by atoms with E-state index in [-0.39, 0.29) is 33.2 Å². The molecule has 0 saturated carbocycles. The second-order valence-electron chi connectivity index (χ2n) is 7.42. The zero-order valence-electron chi connectivity index (χ0n) is 17.8. The predicted molar refractivity (Wildman–Crippen MR) is 126 cm³/mol. The van der Waals surface area contributed by atoms with E-state index in [1.807, 2.05) is 38.1 Å². The minimum absolute atomic E-state index is 0.0317. The molecule has 3 aromatic rings. The van der Waals surface area contributed by atoms with Crippen LogP contribution in [0.1, 0.15) is 35.3 Å². The average molecular weight is 473 g/mol. The number of hydrogen-bond donors (Lipinski definition) is 2. The highest BCUT2D eigenvalue weighted by atomic mass is 35.5. The number of carbonyl (C=O) groups is 1. The zero-order valence-corrected chi connectivity index (χ0v) is 19.4. The second kappa shape index (κ2) is 10.6. The number of nitrogens with one attached hydrogen (secondary N) is 2. The SMILES string of the molecule is CC(C)OCc1ccccc1CNC(=O)c1cccc(S(=O)(=O)Nc2ccccc2Cl)c1. The van der Waals surface area contributed by atoms with E-state index in [0.717, 1.165) is 11.1 Å².